The molecule has 25 heavy (non-hydrogen) atoms. The maximum absolute atomic E-state index is 12.7. The van der Waals surface area contributed by atoms with Gasteiger partial charge >= 0.3 is 0 Å². The molecule has 0 amide bonds. The quantitative estimate of drug-likeness (QED) is 0.497. The first-order valence-electron chi connectivity index (χ1n) is 8.24. The lowest BCUT2D eigenvalue weighted by atomic mass is 10.1. The number of para-hydroxylation sites is 1. The highest BCUT2D eigenvalue weighted by Crippen LogP contribution is 2.26. The first-order valence-corrected chi connectivity index (χ1v) is 9.12. The number of nitrogens with zero attached hydrogens (tertiary/aromatic N) is 4. The summed E-state index contributed by atoms with van der Waals surface area (Å²) in [4.78, 5) is 12.7. The van der Waals surface area contributed by atoms with Crippen molar-refractivity contribution < 1.29 is 4.79 Å². The molecule has 0 radical (unpaired) electrons. The van der Waals surface area contributed by atoms with Gasteiger partial charge in [-0.25, -0.2) is 0 Å². The summed E-state index contributed by atoms with van der Waals surface area (Å²) in [5.41, 5.74) is 3.93. The van der Waals surface area contributed by atoms with Gasteiger partial charge in [0.2, 0.25) is 5.16 Å². The number of hydrogen-bond donors (Lipinski definition) is 0. The zero-order valence-corrected chi connectivity index (χ0v) is 15.3. The molecule has 0 fully saturated rings. The van der Waals surface area contributed by atoms with Crippen LogP contribution in [0.4, 0.5) is 0 Å². The lowest BCUT2D eigenvalue weighted by molar-refractivity contribution is 0.0994. The zero-order valence-electron chi connectivity index (χ0n) is 14.5. The summed E-state index contributed by atoms with van der Waals surface area (Å²) >= 11 is 1.37. The number of aromatic nitrogens is 4. The Morgan fingerprint density at radius 3 is 2.56 bits per heavy atom. The Bertz CT molecular complexity index is 873. The van der Waals surface area contributed by atoms with Crippen molar-refractivity contribution in [3.8, 4) is 5.69 Å². The molecule has 2 aromatic carbocycles. The summed E-state index contributed by atoms with van der Waals surface area (Å²) < 4.78 is 1.68. The number of rotatable bonds is 6. The van der Waals surface area contributed by atoms with Crippen molar-refractivity contribution in [2.24, 2.45) is 0 Å². The number of thioether (sulfide) groups is 1. The smallest absolute Gasteiger partial charge is 0.214 e. The molecule has 0 saturated heterocycles. The van der Waals surface area contributed by atoms with Crippen LogP contribution in [0, 0.1) is 6.92 Å². The van der Waals surface area contributed by atoms with E-state index in [4.69, 9.17) is 0 Å². The van der Waals surface area contributed by atoms with E-state index in [1.807, 2.05) is 62.4 Å². The van der Waals surface area contributed by atoms with Gasteiger partial charge in [-0.05, 0) is 47.9 Å². The van der Waals surface area contributed by atoms with Crippen LogP contribution in [0.15, 0.2) is 53.7 Å². The van der Waals surface area contributed by atoms with Gasteiger partial charge in [-0.1, -0.05) is 61.2 Å². The SMILES string of the molecule is CCc1ccc(C(=O)[C@@H](C)Sc2nnnn2-c2ccccc2C)cc1. The number of hydrogen-bond acceptors (Lipinski definition) is 5. The average molecular weight is 352 g/mol. The van der Waals surface area contributed by atoms with Crippen LogP contribution in [0.3, 0.4) is 0 Å². The molecule has 3 aromatic rings. The van der Waals surface area contributed by atoms with E-state index in [-0.39, 0.29) is 11.0 Å². The molecule has 128 valence electrons. The van der Waals surface area contributed by atoms with Crippen molar-refractivity contribution in [2.45, 2.75) is 37.6 Å². The fourth-order valence-corrected chi connectivity index (χ4v) is 3.43. The Morgan fingerprint density at radius 1 is 1.16 bits per heavy atom. The molecule has 6 heteroatoms. The lowest BCUT2D eigenvalue weighted by Crippen LogP contribution is -2.15. The fraction of sp³-hybridized carbons (Fsp3) is 0.263. The normalized spacial score (nSPS) is 12.1. The first kappa shape index (κ1) is 17.4. The summed E-state index contributed by atoms with van der Waals surface area (Å²) in [6.45, 7) is 5.99. The van der Waals surface area contributed by atoms with E-state index in [9.17, 15) is 4.79 Å². The summed E-state index contributed by atoms with van der Waals surface area (Å²) in [5.74, 6) is 0.0759. The molecule has 0 spiro atoms. The third-order valence-corrected chi connectivity index (χ3v) is 5.12. The van der Waals surface area contributed by atoms with E-state index in [1.165, 1.54) is 17.3 Å². The Hall–Kier alpha value is -2.47. The maximum atomic E-state index is 12.7. The molecule has 1 atom stereocenters. The minimum absolute atomic E-state index is 0.0759. The lowest BCUT2D eigenvalue weighted by Gasteiger charge is -2.11. The number of carbonyl (C=O) groups is 1. The first-order chi connectivity index (χ1) is 12.1. The Balaban J connectivity index is 1.79. The number of tetrazole rings is 1. The molecule has 1 heterocycles. The second-order valence-electron chi connectivity index (χ2n) is 5.83. The van der Waals surface area contributed by atoms with Crippen molar-refractivity contribution >= 4 is 17.5 Å². The molecule has 0 N–H and O–H groups in total. The summed E-state index contributed by atoms with van der Waals surface area (Å²) in [6, 6.07) is 15.7. The predicted molar refractivity (Wildman–Crippen MR) is 99.4 cm³/mol. The average Bonchev–Trinajstić information content (AvgIpc) is 3.09. The van der Waals surface area contributed by atoms with Crippen molar-refractivity contribution in [3.05, 3.63) is 65.2 Å². The van der Waals surface area contributed by atoms with Crippen molar-refractivity contribution in [3.63, 3.8) is 0 Å². The van der Waals surface area contributed by atoms with Crippen LogP contribution in [0.5, 0.6) is 0 Å². The third-order valence-electron chi connectivity index (χ3n) is 4.08. The van der Waals surface area contributed by atoms with Crippen molar-refractivity contribution in [2.75, 3.05) is 0 Å². The Morgan fingerprint density at radius 2 is 1.88 bits per heavy atom. The van der Waals surface area contributed by atoms with Crippen LogP contribution < -0.4 is 0 Å². The van der Waals surface area contributed by atoms with Crippen LogP contribution >= 0.6 is 11.8 Å². The van der Waals surface area contributed by atoms with E-state index in [0.717, 1.165) is 17.7 Å². The number of Topliss-reactive ketones (excluding diaryl/α,β-unsaturated/α-hetero) is 1. The predicted octanol–water partition coefficient (Wildman–Crippen LogP) is 3.90. The van der Waals surface area contributed by atoms with Gasteiger partial charge in [0, 0.05) is 5.56 Å². The molecule has 0 unspecified atom stereocenters. The summed E-state index contributed by atoms with van der Waals surface area (Å²) in [5, 5.41) is 12.3. The Labute approximate surface area is 151 Å². The minimum atomic E-state index is -0.277. The number of carbonyl (C=O) groups excluding carboxylic acids is 1. The molecule has 3 rings (SSSR count). The minimum Gasteiger partial charge on any atom is -0.293 e. The molecule has 5 nitrogen and oxygen atoms in total. The van der Waals surface area contributed by atoms with E-state index >= 15 is 0 Å². The molecule has 0 aliphatic rings. The molecular formula is C19H20N4OS. The highest BCUT2D eigenvalue weighted by molar-refractivity contribution is 8.00. The van der Waals surface area contributed by atoms with Crippen LogP contribution in [-0.4, -0.2) is 31.2 Å². The topological polar surface area (TPSA) is 60.7 Å². The molecular weight excluding hydrogens is 332 g/mol. The summed E-state index contributed by atoms with van der Waals surface area (Å²) in [6.07, 6.45) is 0.962. The third kappa shape index (κ3) is 3.79. The monoisotopic (exact) mass is 352 g/mol. The van der Waals surface area contributed by atoms with E-state index in [1.54, 1.807) is 4.68 Å². The van der Waals surface area contributed by atoms with Gasteiger partial charge in [-0.15, -0.1) is 5.10 Å². The zero-order chi connectivity index (χ0) is 17.8. The van der Waals surface area contributed by atoms with Crippen LogP contribution in [0.25, 0.3) is 5.69 Å². The fourth-order valence-electron chi connectivity index (χ4n) is 2.56. The van der Waals surface area contributed by atoms with Gasteiger partial charge in [-0.3, -0.25) is 4.79 Å². The number of aryl methyl sites for hydroxylation is 2. The van der Waals surface area contributed by atoms with E-state index < -0.39 is 0 Å². The maximum Gasteiger partial charge on any atom is 0.214 e. The molecule has 0 bridgehead atoms. The van der Waals surface area contributed by atoms with Crippen LogP contribution in [0.1, 0.15) is 35.3 Å². The highest BCUT2D eigenvalue weighted by Gasteiger charge is 2.21. The van der Waals surface area contributed by atoms with E-state index in [2.05, 4.69) is 22.4 Å². The van der Waals surface area contributed by atoms with Gasteiger partial charge in [0.1, 0.15) is 0 Å². The van der Waals surface area contributed by atoms with Gasteiger partial charge in [-0.2, -0.15) is 4.68 Å². The Kier molecular flexibility index (Phi) is 5.28. The van der Waals surface area contributed by atoms with Gasteiger partial charge in [0.05, 0.1) is 10.9 Å². The molecule has 1 aromatic heterocycles. The number of ketones is 1. The molecule has 0 aliphatic carbocycles. The second kappa shape index (κ2) is 7.61. The van der Waals surface area contributed by atoms with Crippen LogP contribution in [0.2, 0.25) is 0 Å². The van der Waals surface area contributed by atoms with Crippen LogP contribution in [-0.2, 0) is 6.42 Å². The van der Waals surface area contributed by atoms with Gasteiger partial charge in [0.25, 0.3) is 0 Å². The van der Waals surface area contributed by atoms with Gasteiger partial charge < -0.3 is 0 Å². The largest absolute Gasteiger partial charge is 0.293 e. The van der Waals surface area contributed by atoms with Crippen molar-refractivity contribution in [1.82, 2.24) is 20.2 Å². The van der Waals surface area contributed by atoms with E-state index in [0.29, 0.717) is 10.7 Å². The standard InChI is InChI=1S/C19H20N4OS/c1-4-15-9-11-16(12-10-15)18(24)14(3)25-19-20-21-22-23(19)17-8-6-5-7-13(17)2/h5-12,14H,4H2,1-3H3/t14-/m1/s1. The summed E-state index contributed by atoms with van der Waals surface area (Å²) in [7, 11) is 0. The highest BCUT2D eigenvalue weighted by atomic mass is 32.2. The van der Waals surface area contributed by atoms with Gasteiger partial charge in [0.15, 0.2) is 5.78 Å². The second-order valence-corrected chi connectivity index (χ2v) is 7.14. The van der Waals surface area contributed by atoms with Crippen molar-refractivity contribution in [1.29, 1.82) is 0 Å². The molecule has 0 saturated carbocycles. The number of benzene rings is 2. The molecule has 0 aliphatic heterocycles.